The summed E-state index contributed by atoms with van der Waals surface area (Å²) in [7, 11) is 0. The lowest BCUT2D eigenvalue weighted by Gasteiger charge is -2.15. The van der Waals surface area contributed by atoms with E-state index in [2.05, 4.69) is 21.2 Å². The summed E-state index contributed by atoms with van der Waals surface area (Å²) in [6.07, 6.45) is 0.823. The molecule has 4 heteroatoms. The van der Waals surface area contributed by atoms with E-state index >= 15 is 0 Å². The van der Waals surface area contributed by atoms with Gasteiger partial charge in [-0.15, -0.1) is 0 Å². The largest absolute Gasteiger partial charge is 0.354 e. The first kappa shape index (κ1) is 14.2. The third-order valence-electron chi connectivity index (χ3n) is 2.65. The summed E-state index contributed by atoms with van der Waals surface area (Å²) in [6, 6.07) is 7.66. The summed E-state index contributed by atoms with van der Waals surface area (Å²) >= 11 is 3.39. The van der Waals surface area contributed by atoms with Crippen molar-refractivity contribution in [1.29, 1.82) is 0 Å². The average molecular weight is 299 g/mol. The summed E-state index contributed by atoms with van der Waals surface area (Å²) in [4.78, 5) is 11.6. The number of carbonyl (C=O) groups is 1. The molecule has 0 saturated carbocycles. The molecule has 94 valence electrons. The van der Waals surface area contributed by atoms with Crippen molar-refractivity contribution < 1.29 is 4.79 Å². The Morgan fingerprint density at radius 2 is 1.94 bits per heavy atom. The highest BCUT2D eigenvalue weighted by molar-refractivity contribution is 9.10. The second kappa shape index (κ2) is 6.77. The van der Waals surface area contributed by atoms with Gasteiger partial charge < -0.3 is 11.1 Å². The third kappa shape index (κ3) is 4.88. The van der Waals surface area contributed by atoms with Crippen molar-refractivity contribution in [3.05, 3.63) is 34.3 Å². The fraction of sp³-hybridized carbons (Fsp3) is 0.462. The van der Waals surface area contributed by atoms with Gasteiger partial charge in [0.15, 0.2) is 0 Å². The van der Waals surface area contributed by atoms with Gasteiger partial charge in [0.05, 0.1) is 6.04 Å². The standard InChI is InChI=1S/C13H19BrN2O/c1-9(2)12(15)13(17)16-8-7-10-3-5-11(14)6-4-10/h3-6,9,12H,7-8,15H2,1-2H3,(H,16,17). The number of hydrogen-bond acceptors (Lipinski definition) is 2. The number of rotatable bonds is 5. The monoisotopic (exact) mass is 298 g/mol. The third-order valence-corrected chi connectivity index (χ3v) is 3.18. The molecule has 1 rings (SSSR count). The van der Waals surface area contributed by atoms with Crippen LogP contribution in [0.2, 0.25) is 0 Å². The van der Waals surface area contributed by atoms with Crippen molar-refractivity contribution in [3.8, 4) is 0 Å². The molecule has 1 aromatic carbocycles. The van der Waals surface area contributed by atoms with Crippen LogP contribution in [0.5, 0.6) is 0 Å². The number of nitrogens with one attached hydrogen (secondary N) is 1. The van der Waals surface area contributed by atoms with Crippen molar-refractivity contribution in [1.82, 2.24) is 5.32 Å². The molecule has 3 N–H and O–H groups in total. The minimum absolute atomic E-state index is 0.0721. The van der Waals surface area contributed by atoms with Crippen LogP contribution in [0.15, 0.2) is 28.7 Å². The van der Waals surface area contributed by atoms with Crippen LogP contribution in [0, 0.1) is 5.92 Å². The summed E-state index contributed by atoms with van der Waals surface area (Å²) in [5.41, 5.74) is 6.94. The zero-order valence-corrected chi connectivity index (χ0v) is 11.8. The van der Waals surface area contributed by atoms with Crippen LogP contribution in [-0.2, 0) is 11.2 Å². The fourth-order valence-corrected chi connectivity index (χ4v) is 1.67. The Kier molecular flexibility index (Phi) is 5.65. The van der Waals surface area contributed by atoms with Gasteiger partial charge in [-0.3, -0.25) is 4.79 Å². The molecule has 1 unspecified atom stereocenters. The van der Waals surface area contributed by atoms with Gasteiger partial charge in [-0.2, -0.15) is 0 Å². The molecule has 0 heterocycles. The Bertz CT molecular complexity index is 362. The quantitative estimate of drug-likeness (QED) is 0.874. The zero-order chi connectivity index (χ0) is 12.8. The molecule has 1 amide bonds. The first-order valence-corrected chi connectivity index (χ1v) is 6.57. The average Bonchev–Trinajstić information content (AvgIpc) is 2.30. The van der Waals surface area contributed by atoms with E-state index < -0.39 is 6.04 Å². The molecular weight excluding hydrogens is 280 g/mol. The molecule has 0 spiro atoms. The lowest BCUT2D eigenvalue weighted by atomic mass is 10.0. The predicted molar refractivity (Wildman–Crippen MR) is 73.7 cm³/mol. The Morgan fingerprint density at radius 3 is 2.47 bits per heavy atom. The van der Waals surface area contributed by atoms with Crippen LogP contribution in [0.3, 0.4) is 0 Å². The second-order valence-electron chi connectivity index (χ2n) is 4.44. The maximum Gasteiger partial charge on any atom is 0.237 e. The summed E-state index contributed by atoms with van der Waals surface area (Å²) in [5.74, 6) is 0.0970. The van der Waals surface area contributed by atoms with Crippen molar-refractivity contribution >= 4 is 21.8 Å². The first-order chi connectivity index (χ1) is 8.00. The molecule has 3 nitrogen and oxygen atoms in total. The SMILES string of the molecule is CC(C)C(N)C(=O)NCCc1ccc(Br)cc1. The van der Waals surface area contributed by atoms with E-state index in [-0.39, 0.29) is 11.8 Å². The van der Waals surface area contributed by atoms with Crippen LogP contribution < -0.4 is 11.1 Å². The summed E-state index contributed by atoms with van der Waals surface area (Å²) in [5, 5.41) is 2.85. The molecule has 0 saturated heterocycles. The van der Waals surface area contributed by atoms with Crippen molar-refractivity contribution in [2.24, 2.45) is 11.7 Å². The first-order valence-electron chi connectivity index (χ1n) is 5.78. The molecule has 1 atom stereocenters. The van der Waals surface area contributed by atoms with Gasteiger partial charge in [0.2, 0.25) is 5.91 Å². The van der Waals surface area contributed by atoms with E-state index in [0.29, 0.717) is 6.54 Å². The van der Waals surface area contributed by atoms with Gasteiger partial charge in [-0.25, -0.2) is 0 Å². The number of halogens is 1. The maximum atomic E-state index is 11.6. The molecule has 0 radical (unpaired) electrons. The van der Waals surface area contributed by atoms with Crippen molar-refractivity contribution in [2.45, 2.75) is 26.3 Å². The molecule has 1 aromatic rings. The van der Waals surface area contributed by atoms with Crippen molar-refractivity contribution in [3.63, 3.8) is 0 Å². The van der Waals surface area contributed by atoms with Crippen LogP contribution in [0.25, 0.3) is 0 Å². The summed E-state index contributed by atoms with van der Waals surface area (Å²) < 4.78 is 1.06. The second-order valence-corrected chi connectivity index (χ2v) is 5.35. The van der Waals surface area contributed by atoms with E-state index in [1.165, 1.54) is 5.56 Å². The van der Waals surface area contributed by atoms with E-state index in [1.54, 1.807) is 0 Å². The number of carbonyl (C=O) groups excluding carboxylic acids is 1. The molecule has 0 fully saturated rings. The highest BCUT2D eigenvalue weighted by atomic mass is 79.9. The molecule has 0 aliphatic carbocycles. The number of amides is 1. The predicted octanol–water partition coefficient (Wildman–Crippen LogP) is 2.09. The lowest BCUT2D eigenvalue weighted by Crippen LogP contribution is -2.44. The number of benzene rings is 1. The van der Waals surface area contributed by atoms with Crippen LogP contribution in [-0.4, -0.2) is 18.5 Å². The Balaban J connectivity index is 2.33. The summed E-state index contributed by atoms with van der Waals surface area (Å²) in [6.45, 7) is 4.51. The molecule has 0 aliphatic heterocycles. The van der Waals surface area contributed by atoms with Crippen LogP contribution in [0.4, 0.5) is 0 Å². The van der Waals surface area contributed by atoms with E-state index in [0.717, 1.165) is 10.9 Å². The molecule has 0 aromatic heterocycles. The van der Waals surface area contributed by atoms with E-state index in [1.807, 2.05) is 38.1 Å². The minimum atomic E-state index is -0.417. The Labute approximate surface area is 111 Å². The van der Waals surface area contributed by atoms with E-state index in [4.69, 9.17) is 5.73 Å². The van der Waals surface area contributed by atoms with E-state index in [9.17, 15) is 4.79 Å². The Morgan fingerprint density at radius 1 is 1.35 bits per heavy atom. The van der Waals surface area contributed by atoms with Crippen LogP contribution >= 0.6 is 15.9 Å². The fourth-order valence-electron chi connectivity index (χ4n) is 1.40. The van der Waals surface area contributed by atoms with Gasteiger partial charge in [-0.1, -0.05) is 41.9 Å². The normalized spacial score (nSPS) is 12.5. The molecular formula is C13H19BrN2O. The van der Waals surface area contributed by atoms with Gasteiger partial charge in [0.25, 0.3) is 0 Å². The van der Waals surface area contributed by atoms with Crippen LogP contribution in [0.1, 0.15) is 19.4 Å². The highest BCUT2D eigenvalue weighted by Gasteiger charge is 2.16. The number of hydrogen-bond donors (Lipinski definition) is 2. The van der Waals surface area contributed by atoms with Gasteiger partial charge in [0.1, 0.15) is 0 Å². The molecule has 0 aliphatic rings. The van der Waals surface area contributed by atoms with Gasteiger partial charge in [0, 0.05) is 11.0 Å². The van der Waals surface area contributed by atoms with Crippen molar-refractivity contribution in [2.75, 3.05) is 6.54 Å². The Hall–Kier alpha value is -0.870. The topological polar surface area (TPSA) is 55.1 Å². The molecule has 0 bridgehead atoms. The maximum absolute atomic E-state index is 11.6. The zero-order valence-electron chi connectivity index (χ0n) is 10.2. The number of nitrogens with two attached hydrogens (primary N) is 1. The van der Waals surface area contributed by atoms with Gasteiger partial charge in [-0.05, 0) is 30.0 Å². The lowest BCUT2D eigenvalue weighted by molar-refractivity contribution is -0.123. The minimum Gasteiger partial charge on any atom is -0.354 e. The molecule has 17 heavy (non-hydrogen) atoms. The smallest absolute Gasteiger partial charge is 0.237 e. The van der Waals surface area contributed by atoms with Gasteiger partial charge >= 0.3 is 0 Å². The highest BCUT2D eigenvalue weighted by Crippen LogP contribution is 2.10.